The van der Waals surface area contributed by atoms with Crippen LogP contribution in [0.25, 0.3) is 0 Å². The van der Waals surface area contributed by atoms with Gasteiger partial charge in [-0.15, -0.1) is 0 Å². The maximum absolute atomic E-state index is 6.16. The molecule has 0 fully saturated rings. The zero-order chi connectivity index (χ0) is 12.0. The largest absolute Gasteiger partial charge is 0.326 e. The van der Waals surface area contributed by atoms with E-state index in [0.29, 0.717) is 6.54 Å². The van der Waals surface area contributed by atoms with Crippen molar-refractivity contribution in [3.05, 3.63) is 34.3 Å². The Morgan fingerprint density at radius 1 is 1.25 bits per heavy atom. The summed E-state index contributed by atoms with van der Waals surface area (Å²) in [6.07, 6.45) is 0.994. The van der Waals surface area contributed by atoms with E-state index in [0.717, 1.165) is 36.6 Å². The van der Waals surface area contributed by atoms with E-state index < -0.39 is 0 Å². The van der Waals surface area contributed by atoms with Crippen LogP contribution < -0.4 is 5.73 Å². The highest BCUT2D eigenvalue weighted by Crippen LogP contribution is 2.18. The van der Waals surface area contributed by atoms with E-state index in [1.165, 1.54) is 5.56 Å². The summed E-state index contributed by atoms with van der Waals surface area (Å²) in [5.41, 5.74) is 7.98. The van der Waals surface area contributed by atoms with E-state index >= 15 is 0 Å². The normalized spacial score (nSPS) is 11.1. The molecule has 0 unspecified atom stereocenters. The predicted octanol–water partition coefficient (Wildman–Crippen LogP) is 2.68. The fourth-order valence-electron chi connectivity index (χ4n) is 1.77. The highest BCUT2D eigenvalue weighted by molar-refractivity contribution is 6.31. The van der Waals surface area contributed by atoms with Gasteiger partial charge in [-0.2, -0.15) is 0 Å². The van der Waals surface area contributed by atoms with E-state index in [2.05, 4.69) is 24.8 Å². The first kappa shape index (κ1) is 13.5. The molecule has 0 atom stereocenters. The van der Waals surface area contributed by atoms with Crippen LogP contribution in [0.4, 0.5) is 0 Å². The molecule has 16 heavy (non-hydrogen) atoms. The maximum atomic E-state index is 6.16. The third kappa shape index (κ3) is 3.78. The number of nitrogens with two attached hydrogens (primary N) is 1. The monoisotopic (exact) mass is 240 g/mol. The van der Waals surface area contributed by atoms with Gasteiger partial charge in [-0.1, -0.05) is 37.6 Å². The van der Waals surface area contributed by atoms with Crippen LogP contribution >= 0.6 is 11.6 Å². The van der Waals surface area contributed by atoms with Gasteiger partial charge in [0.15, 0.2) is 0 Å². The Morgan fingerprint density at radius 2 is 1.94 bits per heavy atom. The molecule has 0 saturated heterocycles. The van der Waals surface area contributed by atoms with Crippen molar-refractivity contribution in [3.63, 3.8) is 0 Å². The maximum Gasteiger partial charge on any atom is 0.0438 e. The summed E-state index contributed by atoms with van der Waals surface area (Å²) >= 11 is 6.16. The number of likely N-dealkylation sites (N-methyl/N-ethyl adjacent to an activating group) is 1. The van der Waals surface area contributed by atoms with Crippen molar-refractivity contribution in [1.82, 2.24) is 4.90 Å². The zero-order valence-electron chi connectivity index (χ0n) is 10.2. The molecule has 0 bridgehead atoms. The molecule has 0 aliphatic heterocycles. The lowest BCUT2D eigenvalue weighted by atomic mass is 10.1. The Bertz CT molecular complexity index is 322. The first-order valence-corrected chi connectivity index (χ1v) is 6.28. The molecule has 1 aromatic rings. The second kappa shape index (κ2) is 6.89. The van der Waals surface area contributed by atoms with Gasteiger partial charge >= 0.3 is 0 Å². The van der Waals surface area contributed by atoms with Crippen molar-refractivity contribution in [1.29, 1.82) is 0 Å². The van der Waals surface area contributed by atoms with Crippen molar-refractivity contribution in [2.45, 2.75) is 26.8 Å². The molecule has 0 amide bonds. The van der Waals surface area contributed by atoms with Crippen molar-refractivity contribution in [2.75, 3.05) is 19.6 Å². The molecule has 90 valence electrons. The molecular weight excluding hydrogens is 220 g/mol. The molecule has 1 rings (SSSR count). The third-order valence-corrected chi connectivity index (χ3v) is 3.31. The summed E-state index contributed by atoms with van der Waals surface area (Å²) in [5, 5.41) is 0.851. The summed E-state index contributed by atoms with van der Waals surface area (Å²) in [4.78, 5) is 2.39. The van der Waals surface area contributed by atoms with Crippen LogP contribution in [0, 0.1) is 0 Å². The van der Waals surface area contributed by atoms with Gasteiger partial charge in [0.1, 0.15) is 0 Å². The van der Waals surface area contributed by atoms with Crippen LogP contribution in [-0.2, 0) is 13.0 Å². The highest BCUT2D eigenvalue weighted by atomic mass is 35.5. The Balaban J connectivity index is 2.65. The van der Waals surface area contributed by atoms with Gasteiger partial charge in [-0.3, -0.25) is 0 Å². The molecule has 2 nitrogen and oxygen atoms in total. The van der Waals surface area contributed by atoms with Gasteiger partial charge in [-0.25, -0.2) is 0 Å². The third-order valence-electron chi connectivity index (χ3n) is 2.94. The lowest BCUT2D eigenvalue weighted by molar-refractivity contribution is 0.308. The van der Waals surface area contributed by atoms with Crippen molar-refractivity contribution in [2.24, 2.45) is 5.73 Å². The van der Waals surface area contributed by atoms with Gasteiger partial charge < -0.3 is 10.6 Å². The summed E-state index contributed by atoms with van der Waals surface area (Å²) < 4.78 is 0. The van der Waals surface area contributed by atoms with Crippen LogP contribution in [0.2, 0.25) is 5.02 Å². The van der Waals surface area contributed by atoms with E-state index in [4.69, 9.17) is 17.3 Å². The van der Waals surface area contributed by atoms with Crippen LogP contribution in [0.3, 0.4) is 0 Å². The molecule has 2 N–H and O–H groups in total. The predicted molar refractivity (Wildman–Crippen MR) is 70.8 cm³/mol. The molecule has 1 aromatic carbocycles. The minimum atomic E-state index is 0.579. The molecule has 0 aliphatic carbocycles. The summed E-state index contributed by atoms with van der Waals surface area (Å²) in [7, 11) is 0. The zero-order valence-corrected chi connectivity index (χ0v) is 10.9. The summed E-state index contributed by atoms with van der Waals surface area (Å²) in [6.45, 7) is 8.18. The molecule has 0 saturated carbocycles. The number of hydrogen-bond acceptors (Lipinski definition) is 2. The van der Waals surface area contributed by atoms with Gasteiger partial charge in [0.2, 0.25) is 0 Å². The number of rotatable bonds is 6. The van der Waals surface area contributed by atoms with Crippen LogP contribution in [-0.4, -0.2) is 24.5 Å². The minimum Gasteiger partial charge on any atom is -0.326 e. The van der Waals surface area contributed by atoms with E-state index in [1.807, 2.05) is 12.1 Å². The molecule has 0 spiro atoms. The Morgan fingerprint density at radius 3 is 2.50 bits per heavy atom. The number of halogens is 1. The van der Waals surface area contributed by atoms with Gasteiger partial charge in [0.25, 0.3) is 0 Å². The molecule has 3 heteroatoms. The fourth-order valence-corrected chi connectivity index (χ4v) is 1.98. The Labute approximate surface area is 103 Å². The van der Waals surface area contributed by atoms with Gasteiger partial charge in [0.05, 0.1) is 0 Å². The number of nitrogens with zero attached hydrogens (tertiary/aromatic N) is 1. The van der Waals surface area contributed by atoms with E-state index in [1.54, 1.807) is 0 Å². The second-order valence-electron chi connectivity index (χ2n) is 3.91. The smallest absolute Gasteiger partial charge is 0.0438 e. The average Bonchev–Trinajstić information content (AvgIpc) is 2.32. The SMILES string of the molecule is CCN(CC)CCc1cc(CN)ccc1Cl. The topological polar surface area (TPSA) is 29.3 Å². The summed E-state index contributed by atoms with van der Waals surface area (Å²) in [6, 6.07) is 6.05. The minimum absolute atomic E-state index is 0.579. The molecule has 0 heterocycles. The van der Waals surface area contributed by atoms with Crippen LogP contribution in [0.1, 0.15) is 25.0 Å². The average molecular weight is 241 g/mol. The molecular formula is C13H21ClN2. The van der Waals surface area contributed by atoms with Crippen molar-refractivity contribution >= 4 is 11.6 Å². The Hall–Kier alpha value is -0.570. The molecule has 0 radical (unpaired) electrons. The van der Waals surface area contributed by atoms with E-state index in [-0.39, 0.29) is 0 Å². The first-order chi connectivity index (χ1) is 7.71. The lowest BCUT2D eigenvalue weighted by Gasteiger charge is -2.18. The van der Waals surface area contributed by atoms with E-state index in [9.17, 15) is 0 Å². The quantitative estimate of drug-likeness (QED) is 0.829. The van der Waals surface area contributed by atoms with Gasteiger partial charge in [-0.05, 0) is 36.7 Å². The lowest BCUT2D eigenvalue weighted by Crippen LogP contribution is -2.25. The van der Waals surface area contributed by atoms with Gasteiger partial charge in [0, 0.05) is 18.1 Å². The van der Waals surface area contributed by atoms with Crippen LogP contribution in [0.15, 0.2) is 18.2 Å². The number of benzene rings is 1. The molecule has 0 aromatic heterocycles. The molecule has 0 aliphatic rings. The number of hydrogen-bond donors (Lipinski definition) is 1. The Kier molecular flexibility index (Phi) is 5.81. The first-order valence-electron chi connectivity index (χ1n) is 5.91. The summed E-state index contributed by atoms with van der Waals surface area (Å²) in [5.74, 6) is 0. The fraction of sp³-hybridized carbons (Fsp3) is 0.538. The van der Waals surface area contributed by atoms with Crippen molar-refractivity contribution in [3.8, 4) is 0 Å². The second-order valence-corrected chi connectivity index (χ2v) is 4.31. The standard InChI is InChI=1S/C13H21ClN2/c1-3-16(4-2)8-7-12-9-11(10-15)5-6-13(12)14/h5-6,9H,3-4,7-8,10,15H2,1-2H3. The van der Waals surface area contributed by atoms with Crippen molar-refractivity contribution < 1.29 is 0 Å². The van der Waals surface area contributed by atoms with Crippen LogP contribution in [0.5, 0.6) is 0 Å². The highest BCUT2D eigenvalue weighted by Gasteiger charge is 2.04.